The first-order valence-electron chi connectivity index (χ1n) is 12.0. The van der Waals surface area contributed by atoms with Gasteiger partial charge in [-0.1, -0.05) is 19.3 Å². The molecule has 0 aromatic heterocycles. The Hall–Kier alpha value is -0.810. The van der Waals surface area contributed by atoms with E-state index in [0.717, 1.165) is 71.3 Å². The average molecular weight is 552 g/mol. The maximum atomic E-state index is 11.9. The van der Waals surface area contributed by atoms with Gasteiger partial charge in [-0.2, -0.15) is 0 Å². The van der Waals surface area contributed by atoms with Gasteiger partial charge >= 0.3 is 6.09 Å². The highest BCUT2D eigenvalue weighted by atomic mass is 127. The largest absolute Gasteiger partial charge is 0.450 e. The van der Waals surface area contributed by atoms with Crippen molar-refractivity contribution in [2.75, 3.05) is 59.1 Å². The van der Waals surface area contributed by atoms with Crippen LogP contribution in [0.1, 0.15) is 58.8 Å². The number of ether oxygens (including phenoxy) is 2. The molecule has 1 aliphatic carbocycles. The van der Waals surface area contributed by atoms with E-state index in [9.17, 15) is 4.79 Å². The number of guanidine groups is 1. The molecular weight excluding hydrogens is 509 g/mol. The molecule has 0 bridgehead atoms. The fourth-order valence-corrected chi connectivity index (χ4v) is 4.98. The molecule has 1 saturated carbocycles. The van der Waals surface area contributed by atoms with Gasteiger partial charge in [0, 0.05) is 44.3 Å². The number of rotatable bonds is 6. The molecule has 0 spiro atoms. The van der Waals surface area contributed by atoms with Gasteiger partial charge in [0.25, 0.3) is 0 Å². The second-order valence-electron chi connectivity index (χ2n) is 8.68. The van der Waals surface area contributed by atoms with Crippen LogP contribution in [0.25, 0.3) is 0 Å². The molecular formula is C22H42IN5O3. The summed E-state index contributed by atoms with van der Waals surface area (Å²) in [6.07, 6.45) is 8.03. The number of amides is 1. The molecule has 0 radical (unpaired) electrons. The Morgan fingerprint density at radius 3 is 2.39 bits per heavy atom. The Kier molecular flexibility index (Phi) is 11.7. The van der Waals surface area contributed by atoms with Gasteiger partial charge in [0.2, 0.25) is 0 Å². The lowest BCUT2D eigenvalue weighted by Crippen LogP contribution is -2.57. The molecule has 2 aliphatic heterocycles. The highest BCUT2D eigenvalue weighted by molar-refractivity contribution is 14.0. The van der Waals surface area contributed by atoms with E-state index in [0.29, 0.717) is 12.6 Å². The molecule has 180 valence electrons. The van der Waals surface area contributed by atoms with Crippen molar-refractivity contribution in [3.63, 3.8) is 0 Å². The van der Waals surface area contributed by atoms with Gasteiger partial charge in [0.15, 0.2) is 5.96 Å². The summed E-state index contributed by atoms with van der Waals surface area (Å²) < 4.78 is 10.7. The summed E-state index contributed by atoms with van der Waals surface area (Å²) in [6.45, 7) is 11.2. The van der Waals surface area contributed by atoms with Crippen LogP contribution >= 0.6 is 24.0 Å². The second-order valence-corrected chi connectivity index (χ2v) is 8.68. The molecule has 3 fully saturated rings. The predicted molar refractivity (Wildman–Crippen MR) is 134 cm³/mol. The Morgan fingerprint density at radius 2 is 1.77 bits per heavy atom. The summed E-state index contributed by atoms with van der Waals surface area (Å²) in [4.78, 5) is 21.4. The Balaban J connectivity index is 0.00000341. The molecule has 9 heteroatoms. The van der Waals surface area contributed by atoms with Crippen LogP contribution in [0.4, 0.5) is 4.79 Å². The van der Waals surface area contributed by atoms with Crippen molar-refractivity contribution in [3.8, 4) is 0 Å². The summed E-state index contributed by atoms with van der Waals surface area (Å²) in [5.74, 6) is 0.908. The molecule has 31 heavy (non-hydrogen) atoms. The minimum absolute atomic E-state index is 0. The lowest BCUT2D eigenvalue weighted by molar-refractivity contribution is -0.0333. The third kappa shape index (κ3) is 7.63. The number of halogens is 1. The fraction of sp³-hybridized carbons (Fsp3) is 0.909. The number of aliphatic imine (C=N–C) groups is 1. The maximum absolute atomic E-state index is 11.9. The van der Waals surface area contributed by atoms with Gasteiger partial charge in [-0.25, -0.2) is 4.79 Å². The van der Waals surface area contributed by atoms with Crippen molar-refractivity contribution in [2.24, 2.45) is 4.99 Å². The second kappa shape index (κ2) is 13.7. The Labute approximate surface area is 204 Å². The third-order valence-corrected chi connectivity index (χ3v) is 6.70. The van der Waals surface area contributed by atoms with Crippen LogP contribution in [0, 0.1) is 0 Å². The number of nitrogens with zero attached hydrogens (tertiary/aromatic N) is 3. The van der Waals surface area contributed by atoms with Crippen molar-refractivity contribution in [1.82, 2.24) is 20.4 Å². The van der Waals surface area contributed by atoms with E-state index in [2.05, 4.69) is 22.5 Å². The number of piperidine rings is 1. The minimum atomic E-state index is -0.193. The number of carbonyl (C=O) groups excluding carboxylic acids is 1. The average Bonchev–Trinajstić information content (AvgIpc) is 2.79. The molecule has 0 aromatic rings. The highest BCUT2D eigenvalue weighted by Gasteiger charge is 2.38. The Bertz CT molecular complexity index is 557. The van der Waals surface area contributed by atoms with Crippen LogP contribution in [0.3, 0.4) is 0 Å². The van der Waals surface area contributed by atoms with Gasteiger partial charge in [0.05, 0.1) is 26.4 Å². The zero-order valence-corrected chi connectivity index (χ0v) is 21.7. The van der Waals surface area contributed by atoms with Crippen LogP contribution in [-0.4, -0.2) is 92.5 Å². The van der Waals surface area contributed by atoms with E-state index in [1.54, 1.807) is 4.90 Å². The van der Waals surface area contributed by atoms with Gasteiger partial charge in [-0.3, -0.25) is 9.89 Å². The molecule has 2 N–H and O–H groups in total. The third-order valence-electron chi connectivity index (χ3n) is 6.70. The number of carbonyl (C=O) groups is 1. The van der Waals surface area contributed by atoms with Crippen molar-refractivity contribution in [2.45, 2.75) is 70.4 Å². The SMILES string of the molecule is CCNC(=NCC1(N2CCOCC2)CCCCC1)NC1CCN(C(=O)OCC)CC1.I. The first-order chi connectivity index (χ1) is 14.7. The van der Waals surface area contributed by atoms with Gasteiger partial charge in [-0.05, 0) is 39.5 Å². The zero-order chi connectivity index (χ0) is 21.2. The lowest BCUT2D eigenvalue weighted by Gasteiger charge is -2.47. The summed E-state index contributed by atoms with van der Waals surface area (Å²) in [5, 5.41) is 7.06. The topological polar surface area (TPSA) is 78.4 Å². The van der Waals surface area contributed by atoms with Crippen LogP contribution < -0.4 is 10.6 Å². The maximum Gasteiger partial charge on any atom is 0.409 e. The van der Waals surface area contributed by atoms with E-state index in [-0.39, 0.29) is 35.6 Å². The number of morpholine rings is 1. The van der Waals surface area contributed by atoms with E-state index in [1.807, 2.05) is 6.92 Å². The highest BCUT2D eigenvalue weighted by Crippen LogP contribution is 2.34. The summed E-state index contributed by atoms with van der Waals surface area (Å²) >= 11 is 0. The first-order valence-corrected chi connectivity index (χ1v) is 12.0. The fourth-order valence-electron chi connectivity index (χ4n) is 4.98. The predicted octanol–water partition coefficient (Wildman–Crippen LogP) is 2.82. The van der Waals surface area contributed by atoms with Gasteiger partial charge < -0.3 is 25.0 Å². The molecule has 0 aromatic carbocycles. The van der Waals surface area contributed by atoms with Crippen LogP contribution in [-0.2, 0) is 9.47 Å². The quantitative estimate of drug-likeness (QED) is 0.301. The number of nitrogens with one attached hydrogen (secondary N) is 2. The smallest absolute Gasteiger partial charge is 0.409 e. The zero-order valence-electron chi connectivity index (χ0n) is 19.4. The first kappa shape index (κ1) is 26.4. The molecule has 0 atom stereocenters. The lowest BCUT2D eigenvalue weighted by atomic mass is 9.80. The van der Waals surface area contributed by atoms with E-state index >= 15 is 0 Å². The van der Waals surface area contributed by atoms with E-state index < -0.39 is 0 Å². The molecule has 3 rings (SSSR count). The van der Waals surface area contributed by atoms with Gasteiger partial charge in [-0.15, -0.1) is 24.0 Å². The normalized spacial score (nSPS) is 23.0. The molecule has 1 amide bonds. The molecule has 0 unspecified atom stereocenters. The monoisotopic (exact) mass is 551 g/mol. The van der Waals surface area contributed by atoms with Crippen molar-refractivity contribution >= 4 is 36.0 Å². The number of likely N-dealkylation sites (tertiary alicyclic amines) is 1. The summed E-state index contributed by atoms with van der Waals surface area (Å²) in [6, 6.07) is 0.333. The molecule has 8 nitrogen and oxygen atoms in total. The van der Waals surface area contributed by atoms with Crippen molar-refractivity contribution in [3.05, 3.63) is 0 Å². The van der Waals surface area contributed by atoms with Crippen molar-refractivity contribution < 1.29 is 14.3 Å². The molecule has 2 saturated heterocycles. The van der Waals surface area contributed by atoms with E-state index in [1.165, 1.54) is 32.1 Å². The standard InChI is InChI=1S/C22H41N5O3.HI/c1-3-23-20(25-19-8-12-26(13-9-19)21(28)30-4-2)24-18-22(10-6-5-7-11-22)27-14-16-29-17-15-27;/h19H,3-18H2,1-2H3,(H2,23,24,25);1H. The molecule has 2 heterocycles. The molecule has 3 aliphatic rings. The van der Waals surface area contributed by atoms with Crippen molar-refractivity contribution in [1.29, 1.82) is 0 Å². The number of hydrogen-bond donors (Lipinski definition) is 2. The van der Waals surface area contributed by atoms with Crippen LogP contribution in [0.15, 0.2) is 4.99 Å². The van der Waals surface area contributed by atoms with Crippen LogP contribution in [0.5, 0.6) is 0 Å². The van der Waals surface area contributed by atoms with Gasteiger partial charge in [0.1, 0.15) is 0 Å². The summed E-state index contributed by atoms with van der Waals surface area (Å²) in [7, 11) is 0. The number of hydrogen-bond acceptors (Lipinski definition) is 5. The van der Waals surface area contributed by atoms with Crippen LogP contribution in [0.2, 0.25) is 0 Å². The van der Waals surface area contributed by atoms with E-state index in [4.69, 9.17) is 14.5 Å². The Morgan fingerprint density at radius 1 is 1.10 bits per heavy atom. The minimum Gasteiger partial charge on any atom is -0.450 e. The summed E-state index contributed by atoms with van der Waals surface area (Å²) in [5.41, 5.74) is 0.178.